The Morgan fingerprint density at radius 3 is 2.10 bits per heavy atom. The minimum absolute atomic E-state index is 0.202. The highest BCUT2D eigenvalue weighted by Crippen LogP contribution is 2.18. The summed E-state index contributed by atoms with van der Waals surface area (Å²) in [7, 11) is 0. The molecule has 0 aliphatic rings. The molecule has 0 aromatic heterocycles. The van der Waals surface area contributed by atoms with Crippen LogP contribution in [0.2, 0.25) is 0 Å². The summed E-state index contributed by atoms with van der Waals surface area (Å²) in [4.78, 5) is 22.3. The van der Waals surface area contributed by atoms with E-state index in [1.807, 2.05) is 30.3 Å². The molecule has 2 aromatic rings. The van der Waals surface area contributed by atoms with Gasteiger partial charge in [0.15, 0.2) is 0 Å². The molecule has 4 nitrogen and oxygen atoms in total. The summed E-state index contributed by atoms with van der Waals surface area (Å²) in [6.45, 7) is 0. The fourth-order valence-electron chi connectivity index (χ4n) is 1.88. The first-order valence-electron chi connectivity index (χ1n) is 5.92. The average Bonchev–Trinajstić information content (AvgIpc) is 2.45. The molecule has 0 unspecified atom stereocenters. The number of hydrogen-bond donors (Lipinski definition) is 2. The summed E-state index contributed by atoms with van der Waals surface area (Å²) in [5, 5.41) is 18.2. The molecule has 0 heterocycles. The summed E-state index contributed by atoms with van der Waals surface area (Å²) in [6, 6.07) is 13.7. The lowest BCUT2D eigenvalue weighted by Crippen LogP contribution is -2.09. The van der Waals surface area contributed by atoms with Crippen molar-refractivity contribution in [3.05, 3.63) is 70.8 Å². The first-order chi connectivity index (χ1) is 9.59. The normalized spacial score (nSPS) is 10.6. The van der Waals surface area contributed by atoms with E-state index in [2.05, 4.69) is 0 Å². The largest absolute Gasteiger partial charge is 0.478 e. The van der Waals surface area contributed by atoms with Crippen LogP contribution in [-0.2, 0) is 0 Å². The highest BCUT2D eigenvalue weighted by atomic mass is 16.4. The Hall–Kier alpha value is -2.88. The third-order valence-corrected chi connectivity index (χ3v) is 2.80. The van der Waals surface area contributed by atoms with Gasteiger partial charge < -0.3 is 10.2 Å². The monoisotopic (exact) mass is 268 g/mol. The second kappa shape index (κ2) is 5.84. The van der Waals surface area contributed by atoms with Gasteiger partial charge >= 0.3 is 11.9 Å². The summed E-state index contributed by atoms with van der Waals surface area (Å²) < 4.78 is 0. The number of carboxylic acid groups (broad SMARTS) is 2. The predicted molar refractivity (Wildman–Crippen MR) is 75.7 cm³/mol. The van der Waals surface area contributed by atoms with Crippen LogP contribution in [0.15, 0.2) is 48.5 Å². The zero-order valence-corrected chi connectivity index (χ0v) is 10.5. The Morgan fingerprint density at radius 1 is 0.800 bits per heavy atom. The molecule has 0 radical (unpaired) electrons. The topological polar surface area (TPSA) is 74.6 Å². The van der Waals surface area contributed by atoms with Crippen molar-refractivity contribution in [2.45, 2.75) is 0 Å². The Labute approximate surface area is 115 Å². The summed E-state index contributed by atoms with van der Waals surface area (Å²) in [6.07, 6.45) is 3.35. The molecule has 2 rings (SSSR count). The van der Waals surface area contributed by atoms with Crippen molar-refractivity contribution in [1.82, 2.24) is 0 Å². The van der Waals surface area contributed by atoms with Gasteiger partial charge in [-0.05, 0) is 17.2 Å². The molecular weight excluding hydrogens is 256 g/mol. The third kappa shape index (κ3) is 2.92. The van der Waals surface area contributed by atoms with Crippen LogP contribution >= 0.6 is 0 Å². The van der Waals surface area contributed by atoms with Crippen LogP contribution in [0.25, 0.3) is 12.2 Å². The SMILES string of the molecule is O=C(O)c1cccc(C=Cc2ccccc2)c1C(=O)O. The molecule has 0 aliphatic heterocycles. The van der Waals surface area contributed by atoms with Crippen LogP contribution in [0.5, 0.6) is 0 Å². The van der Waals surface area contributed by atoms with Crippen LogP contribution in [0, 0.1) is 0 Å². The van der Waals surface area contributed by atoms with E-state index in [0.717, 1.165) is 5.56 Å². The molecule has 2 N–H and O–H groups in total. The van der Waals surface area contributed by atoms with Crippen LogP contribution in [0.4, 0.5) is 0 Å². The molecular formula is C16H12O4. The molecule has 2 aromatic carbocycles. The zero-order chi connectivity index (χ0) is 14.5. The fourth-order valence-corrected chi connectivity index (χ4v) is 1.88. The van der Waals surface area contributed by atoms with Crippen LogP contribution < -0.4 is 0 Å². The van der Waals surface area contributed by atoms with Crippen molar-refractivity contribution < 1.29 is 19.8 Å². The molecule has 20 heavy (non-hydrogen) atoms. The molecule has 100 valence electrons. The minimum Gasteiger partial charge on any atom is -0.478 e. The predicted octanol–water partition coefficient (Wildman–Crippen LogP) is 3.25. The van der Waals surface area contributed by atoms with E-state index >= 15 is 0 Å². The number of carboxylic acids is 2. The van der Waals surface area contributed by atoms with Crippen LogP contribution in [0.1, 0.15) is 31.8 Å². The second-order valence-electron chi connectivity index (χ2n) is 4.12. The third-order valence-electron chi connectivity index (χ3n) is 2.80. The highest BCUT2D eigenvalue weighted by Gasteiger charge is 2.18. The molecule has 0 aliphatic carbocycles. The van der Waals surface area contributed by atoms with E-state index in [1.165, 1.54) is 12.1 Å². The van der Waals surface area contributed by atoms with E-state index in [0.29, 0.717) is 5.56 Å². The van der Waals surface area contributed by atoms with E-state index in [-0.39, 0.29) is 11.1 Å². The van der Waals surface area contributed by atoms with Gasteiger partial charge in [-0.25, -0.2) is 9.59 Å². The number of rotatable bonds is 4. The maximum Gasteiger partial charge on any atom is 0.337 e. The smallest absolute Gasteiger partial charge is 0.337 e. The highest BCUT2D eigenvalue weighted by molar-refractivity contribution is 6.04. The Kier molecular flexibility index (Phi) is 3.96. The van der Waals surface area contributed by atoms with Crippen molar-refractivity contribution in [1.29, 1.82) is 0 Å². The van der Waals surface area contributed by atoms with E-state index < -0.39 is 11.9 Å². The van der Waals surface area contributed by atoms with Crippen molar-refractivity contribution in [2.75, 3.05) is 0 Å². The molecule has 4 heteroatoms. The van der Waals surface area contributed by atoms with Crippen LogP contribution in [-0.4, -0.2) is 22.2 Å². The number of hydrogen-bond acceptors (Lipinski definition) is 2. The lowest BCUT2D eigenvalue weighted by molar-refractivity contribution is 0.0651. The lowest BCUT2D eigenvalue weighted by Gasteiger charge is -2.05. The number of carbonyl (C=O) groups is 2. The van der Waals surface area contributed by atoms with Crippen molar-refractivity contribution >= 4 is 24.1 Å². The number of benzene rings is 2. The molecule has 0 spiro atoms. The minimum atomic E-state index is -1.25. The average molecular weight is 268 g/mol. The molecule has 0 bridgehead atoms. The Balaban J connectivity index is 2.47. The standard InChI is InChI=1S/C16H12O4/c17-15(18)13-8-4-7-12(14(13)16(19)20)10-9-11-5-2-1-3-6-11/h1-10H,(H,17,18)(H,19,20). The number of aromatic carboxylic acids is 2. The summed E-state index contributed by atoms with van der Waals surface area (Å²) in [5.41, 5.74) is 0.853. The van der Waals surface area contributed by atoms with Gasteiger partial charge in [0.2, 0.25) is 0 Å². The van der Waals surface area contributed by atoms with Crippen molar-refractivity contribution in [2.24, 2.45) is 0 Å². The lowest BCUT2D eigenvalue weighted by atomic mass is 10.00. The van der Waals surface area contributed by atoms with Gasteiger partial charge in [0.25, 0.3) is 0 Å². The van der Waals surface area contributed by atoms with Crippen molar-refractivity contribution in [3.63, 3.8) is 0 Å². The molecule has 0 fully saturated rings. The van der Waals surface area contributed by atoms with Gasteiger partial charge in [0, 0.05) is 0 Å². The molecule has 0 saturated carbocycles. The van der Waals surface area contributed by atoms with Gasteiger partial charge in [0.1, 0.15) is 0 Å². The van der Waals surface area contributed by atoms with Gasteiger partial charge in [-0.2, -0.15) is 0 Å². The Morgan fingerprint density at radius 2 is 1.50 bits per heavy atom. The fraction of sp³-hybridized carbons (Fsp3) is 0. The van der Waals surface area contributed by atoms with Crippen LogP contribution in [0.3, 0.4) is 0 Å². The summed E-state index contributed by atoms with van der Waals surface area (Å²) in [5.74, 6) is -2.51. The van der Waals surface area contributed by atoms with E-state index in [9.17, 15) is 14.7 Å². The second-order valence-corrected chi connectivity index (χ2v) is 4.12. The van der Waals surface area contributed by atoms with Gasteiger partial charge in [-0.15, -0.1) is 0 Å². The van der Waals surface area contributed by atoms with E-state index in [4.69, 9.17) is 5.11 Å². The molecule has 0 atom stereocenters. The molecule has 0 amide bonds. The van der Waals surface area contributed by atoms with Gasteiger partial charge in [0.05, 0.1) is 11.1 Å². The maximum atomic E-state index is 11.3. The van der Waals surface area contributed by atoms with Gasteiger partial charge in [-0.3, -0.25) is 0 Å². The summed E-state index contributed by atoms with van der Waals surface area (Å²) >= 11 is 0. The zero-order valence-electron chi connectivity index (χ0n) is 10.5. The first kappa shape index (κ1) is 13.5. The van der Waals surface area contributed by atoms with E-state index in [1.54, 1.807) is 18.2 Å². The molecule has 0 saturated heterocycles. The maximum absolute atomic E-state index is 11.3. The first-order valence-corrected chi connectivity index (χ1v) is 5.92. The quantitative estimate of drug-likeness (QED) is 0.835. The van der Waals surface area contributed by atoms with Crippen molar-refractivity contribution in [3.8, 4) is 0 Å². The van der Waals surface area contributed by atoms with Gasteiger partial charge in [-0.1, -0.05) is 54.6 Å². The Bertz CT molecular complexity index is 672.